The number of hydrogen-bond donors (Lipinski definition) is 0. The van der Waals surface area contributed by atoms with Gasteiger partial charge in [-0.15, -0.1) is 10.2 Å². The van der Waals surface area contributed by atoms with E-state index in [-0.39, 0.29) is 0 Å². The van der Waals surface area contributed by atoms with E-state index >= 15 is 0 Å². The summed E-state index contributed by atoms with van der Waals surface area (Å²) in [6, 6.07) is 0. The maximum Gasteiger partial charge on any atom is 0.137 e. The zero-order valence-electron chi connectivity index (χ0n) is 14.7. The minimum atomic E-state index is 0.537. The maximum atomic E-state index is 4.56. The molecule has 2 aromatic heterocycles. The Kier molecular flexibility index (Phi) is 4.37. The van der Waals surface area contributed by atoms with Gasteiger partial charge in [-0.25, -0.2) is 0 Å². The predicted octanol–water partition coefficient (Wildman–Crippen LogP) is 0.879. The van der Waals surface area contributed by atoms with Gasteiger partial charge in [0.1, 0.15) is 11.6 Å². The van der Waals surface area contributed by atoms with Crippen molar-refractivity contribution in [3.8, 4) is 0 Å². The summed E-state index contributed by atoms with van der Waals surface area (Å²) in [7, 11) is 4.18. The van der Waals surface area contributed by atoms with Crippen LogP contribution >= 0.6 is 0 Å². The van der Waals surface area contributed by atoms with Gasteiger partial charge < -0.3 is 9.47 Å². The second kappa shape index (κ2) is 6.64. The summed E-state index contributed by atoms with van der Waals surface area (Å²) in [6.07, 6.45) is 7.55. The van der Waals surface area contributed by atoms with Crippen molar-refractivity contribution in [1.29, 1.82) is 0 Å². The third-order valence-corrected chi connectivity index (χ3v) is 5.30. The van der Waals surface area contributed by atoms with Crippen LogP contribution in [0.1, 0.15) is 36.0 Å². The van der Waals surface area contributed by atoms with Gasteiger partial charge in [0.15, 0.2) is 0 Å². The van der Waals surface area contributed by atoms with Crippen LogP contribution in [0, 0.1) is 0 Å². The highest BCUT2D eigenvalue weighted by molar-refractivity contribution is 5.07. The van der Waals surface area contributed by atoms with Crippen LogP contribution in [0.5, 0.6) is 0 Å². The summed E-state index contributed by atoms with van der Waals surface area (Å²) < 4.78 is 4.27. The summed E-state index contributed by atoms with van der Waals surface area (Å²) in [5.41, 5.74) is 1.28. The monoisotopic (exact) mass is 329 g/mol. The molecule has 4 heterocycles. The molecule has 4 rings (SSSR count). The molecule has 0 radical (unpaired) electrons. The van der Waals surface area contributed by atoms with E-state index in [1.165, 1.54) is 30.8 Å². The summed E-state index contributed by atoms with van der Waals surface area (Å²) in [6.45, 7) is 6.37. The molecule has 1 saturated heterocycles. The molecule has 2 aliphatic heterocycles. The summed E-state index contributed by atoms with van der Waals surface area (Å²) in [5, 5.41) is 13.4. The Morgan fingerprint density at radius 3 is 2.83 bits per heavy atom. The second-order valence-electron chi connectivity index (χ2n) is 7.28. The zero-order valence-corrected chi connectivity index (χ0v) is 14.7. The van der Waals surface area contributed by atoms with E-state index in [9.17, 15) is 0 Å². The molecule has 130 valence electrons. The topological polar surface area (TPSA) is 55.0 Å². The van der Waals surface area contributed by atoms with Crippen molar-refractivity contribution in [3.05, 3.63) is 29.6 Å². The molecule has 0 bridgehead atoms. The first-order valence-corrected chi connectivity index (χ1v) is 8.99. The van der Waals surface area contributed by atoms with Gasteiger partial charge in [0, 0.05) is 63.9 Å². The minimum absolute atomic E-state index is 0.537. The first-order valence-electron chi connectivity index (χ1n) is 8.99. The fourth-order valence-corrected chi connectivity index (χ4v) is 4.04. The van der Waals surface area contributed by atoms with Crippen LogP contribution in [0.4, 0.5) is 0 Å². The Balaban J connectivity index is 1.45. The molecule has 7 heteroatoms. The van der Waals surface area contributed by atoms with Crippen LogP contribution in [0.15, 0.2) is 12.4 Å². The molecule has 0 amide bonds. The van der Waals surface area contributed by atoms with Crippen molar-refractivity contribution in [1.82, 2.24) is 34.3 Å². The molecule has 2 aromatic rings. The average Bonchev–Trinajstić information content (AvgIpc) is 3.11. The van der Waals surface area contributed by atoms with E-state index in [4.69, 9.17) is 0 Å². The third kappa shape index (κ3) is 3.23. The molecule has 2 aliphatic rings. The van der Waals surface area contributed by atoms with E-state index in [1.807, 2.05) is 17.9 Å². The van der Waals surface area contributed by atoms with Crippen LogP contribution in [0.3, 0.4) is 0 Å². The molecular weight excluding hydrogens is 302 g/mol. The lowest BCUT2D eigenvalue weighted by Crippen LogP contribution is -2.32. The number of fused-ring (bicyclic) bond motifs is 1. The third-order valence-electron chi connectivity index (χ3n) is 5.30. The van der Waals surface area contributed by atoms with E-state index in [0.29, 0.717) is 5.92 Å². The summed E-state index contributed by atoms with van der Waals surface area (Å²) in [5.74, 6) is 2.90. The number of aryl methyl sites for hydroxylation is 1. The second-order valence-corrected chi connectivity index (χ2v) is 7.28. The average molecular weight is 329 g/mol. The highest BCUT2D eigenvalue weighted by Gasteiger charge is 2.27. The van der Waals surface area contributed by atoms with Gasteiger partial charge in [-0.2, -0.15) is 5.10 Å². The SMILES string of the molecule is CN1CCCC(c2nnc3n2CCN(Cc2cnn(C)c2)CC3)C1. The highest BCUT2D eigenvalue weighted by Crippen LogP contribution is 2.26. The minimum Gasteiger partial charge on any atom is -0.313 e. The highest BCUT2D eigenvalue weighted by atomic mass is 15.3. The van der Waals surface area contributed by atoms with Crippen molar-refractivity contribution in [2.45, 2.75) is 38.3 Å². The van der Waals surface area contributed by atoms with E-state index in [2.05, 4.69) is 42.9 Å². The number of aromatic nitrogens is 5. The van der Waals surface area contributed by atoms with Gasteiger partial charge in [0.05, 0.1) is 6.20 Å². The fourth-order valence-electron chi connectivity index (χ4n) is 4.04. The van der Waals surface area contributed by atoms with Gasteiger partial charge >= 0.3 is 0 Å². The lowest BCUT2D eigenvalue weighted by molar-refractivity contribution is 0.239. The number of likely N-dealkylation sites (tertiary alicyclic amines) is 1. The van der Waals surface area contributed by atoms with Crippen LogP contribution in [0.25, 0.3) is 0 Å². The Bertz CT molecular complexity index is 689. The van der Waals surface area contributed by atoms with Crippen molar-refractivity contribution in [3.63, 3.8) is 0 Å². The van der Waals surface area contributed by atoms with Crippen LogP contribution in [-0.2, 0) is 26.6 Å². The van der Waals surface area contributed by atoms with Crippen molar-refractivity contribution in [2.75, 3.05) is 33.2 Å². The molecule has 0 aliphatic carbocycles. The molecule has 0 saturated carbocycles. The normalized spacial score (nSPS) is 23.2. The van der Waals surface area contributed by atoms with Gasteiger partial charge in [0.2, 0.25) is 0 Å². The van der Waals surface area contributed by atoms with Crippen molar-refractivity contribution < 1.29 is 0 Å². The number of piperidine rings is 1. The number of nitrogens with zero attached hydrogens (tertiary/aromatic N) is 7. The van der Waals surface area contributed by atoms with Gasteiger partial charge in [-0.05, 0) is 26.4 Å². The first-order chi connectivity index (χ1) is 11.7. The molecule has 24 heavy (non-hydrogen) atoms. The zero-order chi connectivity index (χ0) is 16.5. The quantitative estimate of drug-likeness (QED) is 0.837. The number of likely N-dealkylation sites (N-methyl/N-ethyl adjacent to an activating group) is 1. The Morgan fingerprint density at radius 1 is 1.12 bits per heavy atom. The predicted molar refractivity (Wildman–Crippen MR) is 91.7 cm³/mol. The smallest absolute Gasteiger partial charge is 0.137 e. The molecule has 7 nitrogen and oxygen atoms in total. The van der Waals surface area contributed by atoms with Crippen molar-refractivity contribution >= 4 is 0 Å². The molecule has 1 fully saturated rings. The van der Waals surface area contributed by atoms with Gasteiger partial charge in [0.25, 0.3) is 0 Å². The molecule has 0 aromatic carbocycles. The van der Waals surface area contributed by atoms with Crippen LogP contribution in [0.2, 0.25) is 0 Å². The Hall–Kier alpha value is -1.73. The van der Waals surface area contributed by atoms with E-state index < -0.39 is 0 Å². The van der Waals surface area contributed by atoms with E-state index in [1.54, 1.807) is 0 Å². The van der Waals surface area contributed by atoms with Crippen molar-refractivity contribution in [2.24, 2.45) is 7.05 Å². The lowest BCUT2D eigenvalue weighted by atomic mass is 9.97. The fraction of sp³-hybridized carbons (Fsp3) is 0.706. The largest absolute Gasteiger partial charge is 0.313 e. The molecular formula is C17H27N7. The standard InChI is InChI=1S/C17H27N7/c1-21-6-3-4-15(13-21)17-20-19-16-5-7-23(8-9-24(16)17)12-14-10-18-22(2)11-14/h10-11,15H,3-9,12-13H2,1-2H3. The summed E-state index contributed by atoms with van der Waals surface area (Å²) >= 11 is 0. The van der Waals surface area contributed by atoms with Gasteiger partial charge in [-0.3, -0.25) is 9.58 Å². The molecule has 0 spiro atoms. The molecule has 0 N–H and O–H groups in total. The lowest BCUT2D eigenvalue weighted by Gasteiger charge is -2.29. The first kappa shape index (κ1) is 15.8. The maximum absolute atomic E-state index is 4.56. The summed E-state index contributed by atoms with van der Waals surface area (Å²) in [4.78, 5) is 4.92. The van der Waals surface area contributed by atoms with Crippen LogP contribution < -0.4 is 0 Å². The van der Waals surface area contributed by atoms with Crippen LogP contribution in [-0.4, -0.2) is 67.6 Å². The molecule has 1 unspecified atom stereocenters. The molecule has 1 atom stereocenters. The van der Waals surface area contributed by atoms with Gasteiger partial charge in [-0.1, -0.05) is 0 Å². The Labute approximate surface area is 143 Å². The van der Waals surface area contributed by atoms with E-state index in [0.717, 1.165) is 45.0 Å². The number of hydrogen-bond acceptors (Lipinski definition) is 5. The Morgan fingerprint density at radius 2 is 2.04 bits per heavy atom. The number of rotatable bonds is 3.